The molecule has 0 aliphatic heterocycles. The van der Waals surface area contributed by atoms with Gasteiger partial charge in [0.05, 0.1) is 0 Å². The Morgan fingerprint density at radius 1 is 0.905 bits per heavy atom. The van der Waals surface area contributed by atoms with Crippen LogP contribution >= 0.6 is 0 Å². The molecule has 2 aromatic carbocycles. The molecule has 0 aliphatic rings. The van der Waals surface area contributed by atoms with Crippen LogP contribution in [0.4, 0.5) is 0 Å². The van der Waals surface area contributed by atoms with Gasteiger partial charge in [0.2, 0.25) is 0 Å². The lowest BCUT2D eigenvalue weighted by atomic mass is 9.89. The second-order valence-electron chi connectivity index (χ2n) is 6.23. The summed E-state index contributed by atoms with van der Waals surface area (Å²) in [7, 11) is 0. The molecule has 0 heterocycles. The third-order valence-electron chi connectivity index (χ3n) is 4.23. The molecule has 0 saturated carbocycles. The van der Waals surface area contributed by atoms with E-state index < -0.39 is 0 Å². The van der Waals surface area contributed by atoms with Gasteiger partial charge in [-0.3, -0.25) is 0 Å². The molecule has 0 aromatic heterocycles. The lowest BCUT2D eigenvalue weighted by molar-refractivity contribution is 0.526. The molecule has 1 N–H and O–H groups in total. The highest BCUT2D eigenvalue weighted by Crippen LogP contribution is 2.23. The van der Waals surface area contributed by atoms with Crippen molar-refractivity contribution in [2.24, 2.45) is 0 Å². The quantitative estimate of drug-likeness (QED) is 0.814. The van der Waals surface area contributed by atoms with E-state index >= 15 is 0 Å². The molecule has 0 spiro atoms. The van der Waals surface area contributed by atoms with Crippen LogP contribution in [-0.4, -0.2) is 12.6 Å². The van der Waals surface area contributed by atoms with E-state index in [0.717, 1.165) is 13.0 Å². The predicted octanol–water partition coefficient (Wildman–Crippen LogP) is 4.63. The zero-order valence-electron chi connectivity index (χ0n) is 13.7. The third-order valence-corrected chi connectivity index (χ3v) is 4.23. The van der Waals surface area contributed by atoms with E-state index in [-0.39, 0.29) is 0 Å². The molecule has 2 rings (SSSR count). The Morgan fingerprint density at radius 3 is 2.29 bits per heavy atom. The van der Waals surface area contributed by atoms with Gasteiger partial charge in [-0.05, 0) is 42.5 Å². The van der Waals surface area contributed by atoms with Gasteiger partial charge in [-0.15, -0.1) is 0 Å². The minimum Gasteiger partial charge on any atom is -0.314 e. The highest BCUT2D eigenvalue weighted by molar-refractivity contribution is 5.35. The van der Waals surface area contributed by atoms with Crippen LogP contribution < -0.4 is 5.32 Å². The van der Waals surface area contributed by atoms with Gasteiger partial charge in [-0.2, -0.15) is 0 Å². The largest absolute Gasteiger partial charge is 0.314 e. The summed E-state index contributed by atoms with van der Waals surface area (Å²) in [6.07, 6.45) is 1.09. The summed E-state index contributed by atoms with van der Waals surface area (Å²) >= 11 is 0. The molecule has 1 heteroatoms. The molecule has 21 heavy (non-hydrogen) atoms. The zero-order chi connectivity index (χ0) is 15.2. The smallest absolute Gasteiger partial charge is 0.00257 e. The third kappa shape index (κ3) is 4.44. The number of benzene rings is 2. The molecule has 1 unspecified atom stereocenters. The maximum absolute atomic E-state index is 3.60. The molecule has 2 aromatic rings. The number of rotatable bonds is 6. The van der Waals surface area contributed by atoms with Crippen molar-refractivity contribution in [2.75, 3.05) is 6.54 Å². The fraction of sp³-hybridized carbons (Fsp3) is 0.400. The van der Waals surface area contributed by atoms with Crippen molar-refractivity contribution in [1.29, 1.82) is 0 Å². The normalized spacial score (nSPS) is 12.6. The molecular formula is C20H27N. The van der Waals surface area contributed by atoms with Crippen LogP contribution in [0.5, 0.6) is 0 Å². The fourth-order valence-corrected chi connectivity index (χ4v) is 2.71. The van der Waals surface area contributed by atoms with Gasteiger partial charge in [0.25, 0.3) is 0 Å². The Hall–Kier alpha value is -1.60. The number of hydrogen-bond acceptors (Lipinski definition) is 1. The molecule has 0 fully saturated rings. The van der Waals surface area contributed by atoms with Crippen molar-refractivity contribution in [3.8, 4) is 0 Å². The van der Waals surface area contributed by atoms with Gasteiger partial charge in [0.15, 0.2) is 0 Å². The number of aryl methyl sites for hydroxylation is 1. The molecular weight excluding hydrogens is 254 g/mol. The Labute approximate surface area is 129 Å². The highest BCUT2D eigenvalue weighted by Gasteiger charge is 2.14. The van der Waals surface area contributed by atoms with Crippen molar-refractivity contribution in [1.82, 2.24) is 5.32 Å². The van der Waals surface area contributed by atoms with Crippen molar-refractivity contribution >= 4 is 0 Å². The van der Waals surface area contributed by atoms with Crippen molar-refractivity contribution < 1.29 is 0 Å². The van der Waals surface area contributed by atoms with Crippen LogP contribution in [-0.2, 0) is 6.42 Å². The first-order valence-corrected chi connectivity index (χ1v) is 7.91. The lowest BCUT2D eigenvalue weighted by Crippen LogP contribution is -2.29. The van der Waals surface area contributed by atoms with Crippen LogP contribution in [0.15, 0.2) is 48.5 Å². The van der Waals surface area contributed by atoms with E-state index in [9.17, 15) is 0 Å². The summed E-state index contributed by atoms with van der Waals surface area (Å²) in [5.41, 5.74) is 5.71. The molecule has 0 saturated heterocycles. The molecule has 1 atom stereocenters. The van der Waals surface area contributed by atoms with Gasteiger partial charge >= 0.3 is 0 Å². The Balaban J connectivity index is 2.21. The molecule has 112 valence electrons. The monoisotopic (exact) mass is 281 g/mol. The summed E-state index contributed by atoms with van der Waals surface area (Å²) in [6.45, 7) is 9.88. The van der Waals surface area contributed by atoms with Gasteiger partial charge < -0.3 is 5.32 Å². The van der Waals surface area contributed by atoms with Crippen LogP contribution in [0, 0.1) is 13.8 Å². The van der Waals surface area contributed by atoms with Crippen molar-refractivity contribution in [3.05, 3.63) is 70.8 Å². The Bertz CT molecular complexity index is 557. The van der Waals surface area contributed by atoms with E-state index in [1.54, 1.807) is 0 Å². The van der Waals surface area contributed by atoms with Crippen LogP contribution in [0.3, 0.4) is 0 Å². The van der Waals surface area contributed by atoms with Gasteiger partial charge in [-0.1, -0.05) is 62.4 Å². The van der Waals surface area contributed by atoms with Crippen molar-refractivity contribution in [3.63, 3.8) is 0 Å². The average Bonchev–Trinajstić information content (AvgIpc) is 2.48. The minimum atomic E-state index is 0.522. The fourth-order valence-electron chi connectivity index (χ4n) is 2.71. The van der Waals surface area contributed by atoms with Crippen LogP contribution in [0.25, 0.3) is 0 Å². The lowest BCUT2D eigenvalue weighted by Gasteiger charge is -2.21. The van der Waals surface area contributed by atoms with Crippen LogP contribution in [0.2, 0.25) is 0 Å². The zero-order valence-corrected chi connectivity index (χ0v) is 13.7. The van der Waals surface area contributed by atoms with E-state index in [1.165, 1.54) is 22.3 Å². The highest BCUT2D eigenvalue weighted by atomic mass is 14.9. The Kier molecular flexibility index (Phi) is 5.58. The van der Waals surface area contributed by atoms with Gasteiger partial charge in [0, 0.05) is 18.5 Å². The molecule has 0 amide bonds. The Morgan fingerprint density at radius 2 is 1.62 bits per heavy atom. The topological polar surface area (TPSA) is 12.0 Å². The first kappa shape index (κ1) is 15.8. The van der Waals surface area contributed by atoms with Gasteiger partial charge in [0.1, 0.15) is 0 Å². The molecule has 0 aliphatic carbocycles. The van der Waals surface area contributed by atoms with Crippen LogP contribution in [0.1, 0.15) is 42.0 Å². The van der Waals surface area contributed by atoms with E-state index in [2.05, 4.69) is 81.5 Å². The maximum Gasteiger partial charge on any atom is 0.00257 e. The van der Waals surface area contributed by atoms with E-state index in [0.29, 0.717) is 12.0 Å². The second kappa shape index (κ2) is 7.42. The number of nitrogens with one attached hydrogen (secondary N) is 1. The minimum absolute atomic E-state index is 0.522. The molecule has 0 bridgehead atoms. The second-order valence-corrected chi connectivity index (χ2v) is 6.23. The average molecular weight is 281 g/mol. The summed E-state index contributed by atoms with van der Waals surface area (Å²) in [5, 5.41) is 3.60. The van der Waals surface area contributed by atoms with E-state index in [1.807, 2.05) is 0 Å². The molecule has 0 radical (unpaired) electrons. The molecule has 1 nitrogen and oxygen atoms in total. The predicted molar refractivity (Wildman–Crippen MR) is 91.9 cm³/mol. The van der Waals surface area contributed by atoms with Crippen molar-refractivity contribution in [2.45, 2.75) is 46.1 Å². The van der Waals surface area contributed by atoms with E-state index in [4.69, 9.17) is 0 Å². The SMILES string of the molecule is Cc1cccc(CC(CNC(C)C)c2ccccc2)c1C. The maximum atomic E-state index is 3.60. The first-order chi connectivity index (χ1) is 10.1. The number of hydrogen-bond donors (Lipinski definition) is 1. The summed E-state index contributed by atoms with van der Waals surface area (Å²) < 4.78 is 0. The van der Waals surface area contributed by atoms with Gasteiger partial charge in [-0.25, -0.2) is 0 Å². The summed E-state index contributed by atoms with van der Waals surface area (Å²) in [5.74, 6) is 0.522. The summed E-state index contributed by atoms with van der Waals surface area (Å²) in [6, 6.07) is 18.0. The summed E-state index contributed by atoms with van der Waals surface area (Å²) in [4.78, 5) is 0. The standard InChI is InChI=1S/C20H27N/c1-15(2)21-14-20(18-10-6-5-7-11-18)13-19-12-8-9-16(3)17(19)4/h5-12,15,20-21H,13-14H2,1-4H3. The first-order valence-electron chi connectivity index (χ1n) is 7.91.